The first-order valence-corrected chi connectivity index (χ1v) is 9.86. The largest absolute Gasteiger partial charge is 0.385 e. The minimum Gasteiger partial charge on any atom is -0.385 e. The molecule has 1 aromatic carbocycles. The number of amides is 2. The van der Waals surface area contributed by atoms with Gasteiger partial charge in [0.1, 0.15) is 6.54 Å². The maximum absolute atomic E-state index is 12.8. The van der Waals surface area contributed by atoms with Crippen molar-refractivity contribution in [1.82, 2.24) is 9.88 Å². The number of thiazole rings is 1. The average Bonchev–Trinajstić information content (AvgIpc) is 2.93. The van der Waals surface area contributed by atoms with Crippen molar-refractivity contribution in [3.8, 4) is 0 Å². The molecule has 1 aromatic heterocycles. The second-order valence-electron chi connectivity index (χ2n) is 5.91. The number of halogens is 2. The van der Waals surface area contributed by atoms with Gasteiger partial charge >= 0.3 is 0 Å². The maximum Gasteiger partial charge on any atom is 0.254 e. The quantitative estimate of drug-likeness (QED) is 0.638. The molecule has 0 bridgehead atoms. The van der Waals surface area contributed by atoms with Gasteiger partial charge in [-0.3, -0.25) is 9.59 Å². The maximum atomic E-state index is 12.8. The molecule has 0 radical (unpaired) electrons. The van der Waals surface area contributed by atoms with E-state index in [0.717, 1.165) is 10.6 Å². The van der Waals surface area contributed by atoms with E-state index in [0.29, 0.717) is 35.3 Å². The first kappa shape index (κ1) is 21.6. The molecule has 0 aliphatic heterocycles. The second kappa shape index (κ2) is 10.0. The van der Waals surface area contributed by atoms with Gasteiger partial charge in [0, 0.05) is 30.7 Å². The molecule has 9 heteroatoms. The number of hydrogen-bond acceptors (Lipinski definition) is 5. The van der Waals surface area contributed by atoms with Crippen LogP contribution in [0.3, 0.4) is 0 Å². The lowest BCUT2D eigenvalue weighted by Crippen LogP contribution is -2.39. The average molecular weight is 430 g/mol. The molecule has 2 amide bonds. The number of benzene rings is 1. The Morgan fingerprint density at radius 2 is 2.00 bits per heavy atom. The molecule has 0 aliphatic rings. The molecule has 1 heterocycles. The molecule has 2 rings (SSSR count). The number of nitrogens with zero attached hydrogens (tertiary/aromatic N) is 2. The van der Waals surface area contributed by atoms with E-state index in [9.17, 15) is 9.59 Å². The second-order valence-corrected chi connectivity index (χ2v) is 7.93. The van der Waals surface area contributed by atoms with Crippen molar-refractivity contribution in [2.45, 2.75) is 20.3 Å². The number of aromatic nitrogens is 1. The number of rotatable bonds is 8. The molecule has 0 fully saturated rings. The van der Waals surface area contributed by atoms with Crippen LogP contribution in [-0.2, 0) is 9.53 Å². The highest BCUT2D eigenvalue weighted by Crippen LogP contribution is 2.24. The van der Waals surface area contributed by atoms with E-state index in [1.165, 1.54) is 22.3 Å². The Balaban J connectivity index is 2.10. The summed E-state index contributed by atoms with van der Waals surface area (Å²) in [5.41, 5.74) is 1.25. The number of aryl methyl sites for hydroxylation is 2. The van der Waals surface area contributed by atoms with Gasteiger partial charge in [0.2, 0.25) is 5.91 Å². The van der Waals surface area contributed by atoms with Gasteiger partial charge in [0.25, 0.3) is 5.91 Å². The number of carbonyl (C=O) groups is 2. The van der Waals surface area contributed by atoms with Crippen LogP contribution in [0.15, 0.2) is 18.2 Å². The molecule has 1 N–H and O–H groups in total. The summed E-state index contributed by atoms with van der Waals surface area (Å²) in [6, 6.07) is 4.65. The summed E-state index contributed by atoms with van der Waals surface area (Å²) in [7, 11) is 1.59. The van der Waals surface area contributed by atoms with Crippen LogP contribution in [-0.4, -0.2) is 48.5 Å². The summed E-state index contributed by atoms with van der Waals surface area (Å²) < 4.78 is 5.04. The van der Waals surface area contributed by atoms with Crippen LogP contribution >= 0.6 is 34.5 Å². The van der Waals surface area contributed by atoms with Crippen molar-refractivity contribution in [1.29, 1.82) is 0 Å². The highest BCUT2D eigenvalue weighted by atomic mass is 35.5. The lowest BCUT2D eigenvalue weighted by atomic mass is 10.2. The zero-order valence-electron chi connectivity index (χ0n) is 15.3. The minimum atomic E-state index is -0.311. The van der Waals surface area contributed by atoms with Gasteiger partial charge in [-0.05, 0) is 38.5 Å². The molecule has 0 spiro atoms. The van der Waals surface area contributed by atoms with E-state index >= 15 is 0 Å². The summed E-state index contributed by atoms with van der Waals surface area (Å²) in [5, 5.41) is 3.93. The Labute approximate surface area is 172 Å². The first-order valence-electron chi connectivity index (χ1n) is 8.29. The van der Waals surface area contributed by atoms with Crippen LogP contribution in [0.1, 0.15) is 27.3 Å². The predicted molar refractivity (Wildman–Crippen MR) is 109 cm³/mol. The van der Waals surface area contributed by atoms with Gasteiger partial charge in [0.05, 0.1) is 15.7 Å². The highest BCUT2D eigenvalue weighted by Gasteiger charge is 2.20. The molecule has 27 heavy (non-hydrogen) atoms. The smallest absolute Gasteiger partial charge is 0.254 e. The van der Waals surface area contributed by atoms with E-state index in [1.54, 1.807) is 19.2 Å². The van der Waals surface area contributed by atoms with Crippen molar-refractivity contribution in [3.63, 3.8) is 0 Å². The van der Waals surface area contributed by atoms with E-state index in [2.05, 4.69) is 10.3 Å². The van der Waals surface area contributed by atoms with Gasteiger partial charge in [-0.2, -0.15) is 0 Å². The lowest BCUT2D eigenvalue weighted by Gasteiger charge is -2.22. The fourth-order valence-corrected chi connectivity index (χ4v) is 3.45. The van der Waals surface area contributed by atoms with Crippen LogP contribution in [0.2, 0.25) is 10.0 Å². The Bertz CT molecular complexity index is 807. The normalized spacial score (nSPS) is 10.7. The van der Waals surface area contributed by atoms with Gasteiger partial charge in [-0.15, -0.1) is 11.3 Å². The van der Waals surface area contributed by atoms with Crippen LogP contribution < -0.4 is 5.32 Å². The predicted octanol–water partition coefficient (Wildman–Crippen LogP) is 4.18. The highest BCUT2D eigenvalue weighted by molar-refractivity contribution is 7.15. The molecular weight excluding hydrogens is 409 g/mol. The topological polar surface area (TPSA) is 71.5 Å². The minimum absolute atomic E-state index is 0.0968. The molecule has 0 aliphatic carbocycles. The Morgan fingerprint density at radius 1 is 1.26 bits per heavy atom. The van der Waals surface area contributed by atoms with Crippen molar-refractivity contribution >= 4 is 51.5 Å². The van der Waals surface area contributed by atoms with Crippen LogP contribution in [0.25, 0.3) is 0 Å². The van der Waals surface area contributed by atoms with Crippen molar-refractivity contribution in [2.24, 2.45) is 0 Å². The summed E-state index contributed by atoms with van der Waals surface area (Å²) in [6.07, 6.45) is 0.603. The third kappa shape index (κ3) is 6.17. The van der Waals surface area contributed by atoms with Gasteiger partial charge in [-0.25, -0.2) is 4.98 Å². The molecule has 146 valence electrons. The van der Waals surface area contributed by atoms with E-state index in [1.807, 2.05) is 13.8 Å². The molecule has 0 saturated carbocycles. The standard InChI is InChI=1S/C18H21Cl2N3O3S/c1-11-12(2)27-18(21-11)22-16(24)10-23(7-4-8-26-3)17(25)13-5-6-14(19)15(20)9-13/h5-6,9H,4,7-8,10H2,1-3H3,(H,21,22,24). The van der Waals surface area contributed by atoms with E-state index < -0.39 is 0 Å². The summed E-state index contributed by atoms with van der Waals surface area (Å²) >= 11 is 13.3. The van der Waals surface area contributed by atoms with Crippen molar-refractivity contribution in [2.75, 3.05) is 32.1 Å². The Kier molecular flexibility index (Phi) is 8.04. The first-order chi connectivity index (χ1) is 12.8. The number of ether oxygens (including phenoxy) is 1. The number of carbonyl (C=O) groups excluding carboxylic acids is 2. The molecule has 0 saturated heterocycles. The van der Waals surface area contributed by atoms with Crippen molar-refractivity contribution in [3.05, 3.63) is 44.4 Å². The fraction of sp³-hybridized carbons (Fsp3) is 0.389. The zero-order valence-corrected chi connectivity index (χ0v) is 17.7. The molecule has 0 atom stereocenters. The van der Waals surface area contributed by atoms with Crippen LogP contribution in [0.4, 0.5) is 5.13 Å². The van der Waals surface area contributed by atoms with Gasteiger partial charge in [-0.1, -0.05) is 23.2 Å². The third-order valence-corrected chi connectivity index (χ3v) is 5.57. The molecule has 0 unspecified atom stereocenters. The Hall–Kier alpha value is -1.67. The monoisotopic (exact) mass is 429 g/mol. The number of hydrogen-bond donors (Lipinski definition) is 1. The molecule has 6 nitrogen and oxygen atoms in total. The van der Waals surface area contributed by atoms with Gasteiger partial charge in [0.15, 0.2) is 5.13 Å². The molecule has 2 aromatic rings. The third-order valence-electron chi connectivity index (χ3n) is 3.84. The summed E-state index contributed by atoms with van der Waals surface area (Å²) in [5.74, 6) is -0.610. The van der Waals surface area contributed by atoms with Crippen LogP contribution in [0.5, 0.6) is 0 Å². The van der Waals surface area contributed by atoms with Crippen LogP contribution in [0, 0.1) is 13.8 Å². The summed E-state index contributed by atoms with van der Waals surface area (Å²) in [4.78, 5) is 32.0. The molecular formula is C18H21Cl2N3O3S. The number of methoxy groups -OCH3 is 1. The number of anilines is 1. The van der Waals surface area contributed by atoms with E-state index in [4.69, 9.17) is 27.9 Å². The van der Waals surface area contributed by atoms with Gasteiger partial charge < -0.3 is 15.0 Å². The fourth-order valence-electron chi connectivity index (χ4n) is 2.32. The van der Waals surface area contributed by atoms with E-state index in [-0.39, 0.29) is 23.4 Å². The summed E-state index contributed by atoms with van der Waals surface area (Å²) in [6.45, 7) is 4.58. The SMILES string of the molecule is COCCCN(CC(=O)Nc1nc(C)c(C)s1)C(=O)c1ccc(Cl)c(Cl)c1. The van der Waals surface area contributed by atoms with Crippen molar-refractivity contribution < 1.29 is 14.3 Å². The zero-order chi connectivity index (χ0) is 20.0. The lowest BCUT2D eigenvalue weighted by molar-refractivity contribution is -0.116. The number of nitrogens with one attached hydrogen (secondary N) is 1. The Morgan fingerprint density at radius 3 is 2.59 bits per heavy atom.